The van der Waals surface area contributed by atoms with Gasteiger partial charge in [0, 0.05) is 17.7 Å². The molecule has 0 aliphatic carbocycles. The number of carboxylic acid groups (broad SMARTS) is 1. The van der Waals surface area contributed by atoms with Crippen LogP contribution < -0.4 is 9.47 Å². The maximum absolute atomic E-state index is 10.5. The summed E-state index contributed by atoms with van der Waals surface area (Å²) < 4.78 is 10.6. The Balaban J connectivity index is 2.97. The van der Waals surface area contributed by atoms with E-state index in [0.717, 1.165) is 18.1 Å². The molecule has 0 atom stereocenters. The van der Waals surface area contributed by atoms with Crippen molar-refractivity contribution in [2.75, 3.05) is 13.7 Å². The quantitative estimate of drug-likeness (QED) is 0.771. The van der Waals surface area contributed by atoms with Gasteiger partial charge >= 0.3 is 5.97 Å². The van der Waals surface area contributed by atoms with Crippen molar-refractivity contribution in [3.05, 3.63) is 29.8 Å². The molecule has 0 amide bonds. The van der Waals surface area contributed by atoms with Crippen LogP contribution in [0.25, 0.3) is 6.08 Å². The summed E-state index contributed by atoms with van der Waals surface area (Å²) in [7, 11) is 1.58. The molecule has 0 aliphatic heterocycles. The number of carboxylic acids is 1. The minimum atomic E-state index is -0.984. The Labute approximate surface area is 100 Å². The van der Waals surface area contributed by atoms with E-state index >= 15 is 0 Å². The summed E-state index contributed by atoms with van der Waals surface area (Å²) >= 11 is 0. The van der Waals surface area contributed by atoms with Crippen LogP contribution in [0.15, 0.2) is 24.3 Å². The summed E-state index contributed by atoms with van der Waals surface area (Å²) in [5.41, 5.74) is 0.724. The molecule has 0 saturated carbocycles. The Bertz CT molecular complexity index is 410. The number of benzene rings is 1. The van der Waals surface area contributed by atoms with Crippen molar-refractivity contribution in [3.63, 3.8) is 0 Å². The Morgan fingerprint density at radius 2 is 2.24 bits per heavy atom. The Morgan fingerprint density at radius 3 is 2.82 bits per heavy atom. The molecule has 17 heavy (non-hydrogen) atoms. The van der Waals surface area contributed by atoms with E-state index in [1.54, 1.807) is 25.3 Å². The smallest absolute Gasteiger partial charge is 0.328 e. The maximum Gasteiger partial charge on any atom is 0.328 e. The van der Waals surface area contributed by atoms with E-state index in [1.165, 1.54) is 6.08 Å². The van der Waals surface area contributed by atoms with Crippen LogP contribution in [-0.2, 0) is 4.79 Å². The second-order valence-electron chi connectivity index (χ2n) is 3.42. The average Bonchev–Trinajstić information content (AvgIpc) is 2.34. The SMILES string of the molecule is CCCOc1cc(OC)ccc1/C=C/C(=O)O. The highest BCUT2D eigenvalue weighted by atomic mass is 16.5. The molecule has 0 bridgehead atoms. The van der Waals surface area contributed by atoms with Gasteiger partial charge in [-0.15, -0.1) is 0 Å². The zero-order chi connectivity index (χ0) is 12.7. The lowest BCUT2D eigenvalue weighted by Crippen LogP contribution is -1.98. The van der Waals surface area contributed by atoms with Gasteiger partial charge in [-0.3, -0.25) is 0 Å². The van der Waals surface area contributed by atoms with Crippen LogP contribution in [0.4, 0.5) is 0 Å². The van der Waals surface area contributed by atoms with Gasteiger partial charge in [-0.1, -0.05) is 6.92 Å². The van der Waals surface area contributed by atoms with Crippen molar-refractivity contribution in [2.24, 2.45) is 0 Å². The second-order valence-corrected chi connectivity index (χ2v) is 3.42. The minimum absolute atomic E-state index is 0.584. The molecule has 0 spiro atoms. The fraction of sp³-hybridized carbons (Fsp3) is 0.308. The molecule has 4 nitrogen and oxygen atoms in total. The van der Waals surface area contributed by atoms with E-state index in [-0.39, 0.29) is 0 Å². The Hall–Kier alpha value is -1.97. The molecule has 0 heterocycles. The number of methoxy groups -OCH3 is 1. The molecule has 0 aliphatic rings. The van der Waals surface area contributed by atoms with Gasteiger partial charge in [-0.2, -0.15) is 0 Å². The highest BCUT2D eigenvalue weighted by molar-refractivity contribution is 5.86. The van der Waals surface area contributed by atoms with E-state index in [2.05, 4.69) is 0 Å². The van der Waals surface area contributed by atoms with Crippen LogP contribution in [0.5, 0.6) is 11.5 Å². The van der Waals surface area contributed by atoms with Crippen LogP contribution in [0.3, 0.4) is 0 Å². The van der Waals surface area contributed by atoms with Gasteiger partial charge < -0.3 is 14.6 Å². The first kappa shape index (κ1) is 13.1. The van der Waals surface area contributed by atoms with Gasteiger partial charge in [-0.25, -0.2) is 4.79 Å². The number of carbonyl (C=O) groups is 1. The standard InChI is InChI=1S/C13H16O4/c1-3-8-17-12-9-11(16-2)6-4-10(12)5-7-13(14)15/h4-7,9H,3,8H2,1-2H3,(H,14,15)/b7-5+. The van der Waals surface area contributed by atoms with Crippen LogP contribution in [0.2, 0.25) is 0 Å². The monoisotopic (exact) mass is 236 g/mol. The summed E-state index contributed by atoms with van der Waals surface area (Å²) in [6.45, 7) is 2.59. The molecule has 92 valence electrons. The van der Waals surface area contributed by atoms with Gasteiger partial charge in [0.25, 0.3) is 0 Å². The first-order valence-electron chi connectivity index (χ1n) is 5.39. The predicted molar refractivity (Wildman–Crippen MR) is 65.4 cm³/mol. The molecular formula is C13H16O4. The molecule has 1 aromatic rings. The van der Waals surface area contributed by atoms with Gasteiger partial charge in [0.2, 0.25) is 0 Å². The maximum atomic E-state index is 10.5. The summed E-state index contributed by atoms with van der Waals surface area (Å²) in [6.07, 6.45) is 3.48. The summed E-state index contributed by atoms with van der Waals surface area (Å²) in [5, 5.41) is 8.59. The number of aliphatic carboxylic acids is 1. The summed E-state index contributed by atoms with van der Waals surface area (Å²) in [6, 6.07) is 5.28. The first-order valence-corrected chi connectivity index (χ1v) is 5.39. The predicted octanol–water partition coefficient (Wildman–Crippen LogP) is 2.58. The van der Waals surface area contributed by atoms with Crippen LogP contribution >= 0.6 is 0 Å². The van der Waals surface area contributed by atoms with Crippen LogP contribution in [0.1, 0.15) is 18.9 Å². The zero-order valence-electron chi connectivity index (χ0n) is 9.97. The molecule has 0 aromatic heterocycles. The molecule has 1 N–H and O–H groups in total. The van der Waals surface area contributed by atoms with Crippen molar-refractivity contribution in [1.29, 1.82) is 0 Å². The molecule has 4 heteroatoms. The first-order chi connectivity index (χ1) is 8.17. The molecule has 0 fully saturated rings. The van der Waals surface area contributed by atoms with Gasteiger partial charge in [-0.05, 0) is 24.6 Å². The summed E-state index contributed by atoms with van der Waals surface area (Å²) in [4.78, 5) is 10.5. The lowest BCUT2D eigenvalue weighted by atomic mass is 10.1. The van der Waals surface area contributed by atoms with Crippen molar-refractivity contribution >= 4 is 12.0 Å². The normalized spacial score (nSPS) is 10.5. The number of hydrogen-bond acceptors (Lipinski definition) is 3. The van der Waals surface area contributed by atoms with E-state index < -0.39 is 5.97 Å². The Kier molecular flexibility index (Phi) is 5.07. The second kappa shape index (κ2) is 6.58. The molecular weight excluding hydrogens is 220 g/mol. The third kappa shape index (κ3) is 4.18. The molecule has 1 rings (SSSR count). The molecule has 0 unspecified atom stereocenters. The van der Waals surface area contributed by atoms with E-state index in [9.17, 15) is 4.79 Å². The fourth-order valence-electron chi connectivity index (χ4n) is 1.28. The van der Waals surface area contributed by atoms with Crippen molar-refractivity contribution < 1.29 is 19.4 Å². The van der Waals surface area contributed by atoms with Crippen molar-refractivity contribution in [3.8, 4) is 11.5 Å². The third-order valence-corrected chi connectivity index (χ3v) is 2.09. The largest absolute Gasteiger partial charge is 0.497 e. The van der Waals surface area contributed by atoms with Gasteiger partial charge in [0.05, 0.1) is 13.7 Å². The molecule has 0 saturated heterocycles. The van der Waals surface area contributed by atoms with E-state index in [1.807, 2.05) is 6.92 Å². The molecule has 0 radical (unpaired) electrons. The lowest BCUT2D eigenvalue weighted by Gasteiger charge is -2.10. The zero-order valence-corrected chi connectivity index (χ0v) is 9.97. The van der Waals surface area contributed by atoms with Crippen LogP contribution in [-0.4, -0.2) is 24.8 Å². The molecule has 1 aromatic carbocycles. The van der Waals surface area contributed by atoms with Gasteiger partial charge in [0.15, 0.2) is 0 Å². The van der Waals surface area contributed by atoms with Crippen LogP contribution in [0, 0.1) is 0 Å². The number of hydrogen-bond donors (Lipinski definition) is 1. The van der Waals surface area contributed by atoms with E-state index in [0.29, 0.717) is 18.1 Å². The minimum Gasteiger partial charge on any atom is -0.497 e. The van der Waals surface area contributed by atoms with Crippen molar-refractivity contribution in [2.45, 2.75) is 13.3 Å². The Morgan fingerprint density at radius 1 is 1.47 bits per heavy atom. The van der Waals surface area contributed by atoms with E-state index in [4.69, 9.17) is 14.6 Å². The van der Waals surface area contributed by atoms with Gasteiger partial charge in [0.1, 0.15) is 11.5 Å². The topological polar surface area (TPSA) is 55.8 Å². The lowest BCUT2D eigenvalue weighted by molar-refractivity contribution is -0.131. The summed E-state index contributed by atoms with van der Waals surface area (Å²) in [5.74, 6) is 0.328. The fourth-order valence-corrected chi connectivity index (χ4v) is 1.28. The highest BCUT2D eigenvalue weighted by Crippen LogP contribution is 2.26. The number of rotatable bonds is 6. The van der Waals surface area contributed by atoms with Crippen molar-refractivity contribution in [1.82, 2.24) is 0 Å². The average molecular weight is 236 g/mol. The number of ether oxygens (including phenoxy) is 2. The third-order valence-electron chi connectivity index (χ3n) is 2.09. The highest BCUT2D eigenvalue weighted by Gasteiger charge is 2.03.